The molecule has 0 unspecified atom stereocenters. The Morgan fingerprint density at radius 1 is 1.11 bits per heavy atom. The van der Waals surface area contributed by atoms with Gasteiger partial charge >= 0.3 is 0 Å². The van der Waals surface area contributed by atoms with E-state index in [2.05, 4.69) is 20.8 Å². The van der Waals surface area contributed by atoms with Crippen LogP contribution in [-0.2, 0) is 4.79 Å². The van der Waals surface area contributed by atoms with Gasteiger partial charge in [-0.25, -0.2) is 0 Å². The summed E-state index contributed by atoms with van der Waals surface area (Å²) in [5.41, 5.74) is 8.27. The number of para-hydroxylation sites is 1. The number of aryl methyl sites for hydroxylation is 1. The Balaban J connectivity index is 1.51. The lowest BCUT2D eigenvalue weighted by Crippen LogP contribution is -2.14. The Hall–Kier alpha value is -2.91. The van der Waals surface area contributed by atoms with Crippen molar-refractivity contribution in [2.24, 2.45) is 5.73 Å². The number of amides is 2. The van der Waals surface area contributed by atoms with Crippen LogP contribution in [0.2, 0.25) is 0 Å². The number of anilines is 3. The van der Waals surface area contributed by atoms with Crippen LogP contribution >= 0.6 is 23.1 Å². The van der Waals surface area contributed by atoms with Crippen LogP contribution in [0.3, 0.4) is 0 Å². The normalized spacial score (nSPS) is 10.4. The highest BCUT2D eigenvalue weighted by Crippen LogP contribution is 2.28. The molecule has 1 heterocycles. The van der Waals surface area contributed by atoms with Crippen molar-refractivity contribution in [3.8, 4) is 0 Å². The van der Waals surface area contributed by atoms with E-state index in [1.807, 2.05) is 31.2 Å². The number of rotatable bonds is 7. The number of primary amides is 1. The molecule has 0 aliphatic heterocycles. The molecule has 1 aromatic heterocycles. The zero-order valence-electron chi connectivity index (χ0n) is 14.4. The topological polar surface area (TPSA) is 110 Å². The van der Waals surface area contributed by atoms with Crippen molar-refractivity contribution in [1.82, 2.24) is 10.2 Å². The van der Waals surface area contributed by atoms with Crippen LogP contribution < -0.4 is 16.4 Å². The molecule has 0 bridgehead atoms. The summed E-state index contributed by atoms with van der Waals surface area (Å²) in [6.45, 7) is 2.01. The van der Waals surface area contributed by atoms with E-state index in [1.165, 1.54) is 23.1 Å². The van der Waals surface area contributed by atoms with Gasteiger partial charge in [-0.15, -0.1) is 10.2 Å². The van der Waals surface area contributed by atoms with E-state index in [1.54, 1.807) is 24.3 Å². The number of benzene rings is 2. The molecule has 0 fully saturated rings. The lowest BCUT2D eigenvalue weighted by Gasteiger charge is -2.05. The predicted octanol–water partition coefficient (Wildman–Crippen LogP) is 3.42. The first-order valence-corrected chi connectivity index (χ1v) is 9.80. The van der Waals surface area contributed by atoms with Crippen molar-refractivity contribution in [2.45, 2.75) is 11.3 Å². The summed E-state index contributed by atoms with van der Waals surface area (Å²) in [7, 11) is 0. The molecule has 0 spiro atoms. The standard InChI is InChI=1S/C18H17N5O2S2/c1-11-4-2-3-5-14(11)21-17-22-23-18(27-17)26-10-15(24)20-13-8-6-12(7-9-13)16(19)25/h2-9H,10H2,1H3,(H2,19,25)(H,20,24)(H,21,22). The van der Waals surface area contributed by atoms with Crippen molar-refractivity contribution in [3.05, 3.63) is 59.7 Å². The Labute approximate surface area is 164 Å². The molecule has 3 rings (SSSR count). The van der Waals surface area contributed by atoms with Gasteiger partial charge in [-0.2, -0.15) is 0 Å². The second-order valence-corrected chi connectivity index (χ2v) is 7.79. The minimum absolute atomic E-state index is 0.171. The van der Waals surface area contributed by atoms with E-state index in [4.69, 9.17) is 5.73 Å². The zero-order chi connectivity index (χ0) is 19.2. The van der Waals surface area contributed by atoms with E-state index in [9.17, 15) is 9.59 Å². The molecule has 9 heteroatoms. The van der Waals surface area contributed by atoms with Crippen LogP contribution in [0.1, 0.15) is 15.9 Å². The molecule has 27 heavy (non-hydrogen) atoms. The molecule has 2 amide bonds. The number of nitrogens with one attached hydrogen (secondary N) is 2. The molecular weight excluding hydrogens is 382 g/mol. The summed E-state index contributed by atoms with van der Waals surface area (Å²) in [4.78, 5) is 23.1. The predicted molar refractivity (Wildman–Crippen MR) is 109 cm³/mol. The number of nitrogens with two attached hydrogens (primary N) is 1. The number of aromatic nitrogens is 2. The second kappa shape index (κ2) is 8.65. The Bertz CT molecular complexity index is 956. The van der Waals surface area contributed by atoms with Gasteiger partial charge in [0.1, 0.15) is 0 Å². The summed E-state index contributed by atoms with van der Waals surface area (Å²) >= 11 is 2.70. The molecule has 0 saturated heterocycles. The highest BCUT2D eigenvalue weighted by atomic mass is 32.2. The van der Waals surface area contributed by atoms with Crippen LogP contribution in [0.4, 0.5) is 16.5 Å². The molecule has 7 nitrogen and oxygen atoms in total. The number of thioether (sulfide) groups is 1. The van der Waals surface area contributed by atoms with Crippen molar-refractivity contribution in [1.29, 1.82) is 0 Å². The quantitative estimate of drug-likeness (QED) is 0.525. The van der Waals surface area contributed by atoms with E-state index in [0.29, 0.717) is 20.7 Å². The van der Waals surface area contributed by atoms with Gasteiger partial charge in [-0.1, -0.05) is 41.3 Å². The van der Waals surface area contributed by atoms with Gasteiger partial charge in [0.05, 0.1) is 5.75 Å². The van der Waals surface area contributed by atoms with Crippen LogP contribution in [0.5, 0.6) is 0 Å². The molecule has 3 aromatic rings. The van der Waals surface area contributed by atoms with E-state index in [-0.39, 0.29) is 11.7 Å². The lowest BCUT2D eigenvalue weighted by molar-refractivity contribution is -0.113. The first-order chi connectivity index (χ1) is 13.0. The Kier molecular flexibility index (Phi) is 6.05. The third-order valence-electron chi connectivity index (χ3n) is 3.57. The van der Waals surface area contributed by atoms with Crippen molar-refractivity contribution >= 4 is 51.4 Å². The Morgan fingerprint density at radius 3 is 2.56 bits per heavy atom. The van der Waals surface area contributed by atoms with Gasteiger partial charge in [0.2, 0.25) is 16.9 Å². The molecule has 0 saturated carbocycles. The van der Waals surface area contributed by atoms with Crippen LogP contribution in [-0.4, -0.2) is 27.8 Å². The molecular formula is C18H17N5O2S2. The highest BCUT2D eigenvalue weighted by Gasteiger charge is 2.10. The molecule has 0 atom stereocenters. The van der Waals surface area contributed by atoms with Gasteiger partial charge in [0.25, 0.3) is 0 Å². The second-order valence-electron chi connectivity index (χ2n) is 5.59. The zero-order valence-corrected chi connectivity index (χ0v) is 16.1. The van der Waals surface area contributed by atoms with Gasteiger partial charge in [-0.3, -0.25) is 9.59 Å². The van der Waals surface area contributed by atoms with Crippen LogP contribution in [0, 0.1) is 6.92 Å². The number of carbonyl (C=O) groups is 2. The van der Waals surface area contributed by atoms with Gasteiger partial charge < -0.3 is 16.4 Å². The summed E-state index contributed by atoms with van der Waals surface area (Å²) in [5.74, 6) is -0.471. The van der Waals surface area contributed by atoms with Crippen LogP contribution in [0.25, 0.3) is 0 Å². The smallest absolute Gasteiger partial charge is 0.248 e. The van der Waals surface area contributed by atoms with E-state index in [0.717, 1.165) is 11.3 Å². The third-order valence-corrected chi connectivity index (χ3v) is 5.55. The van der Waals surface area contributed by atoms with E-state index < -0.39 is 5.91 Å². The lowest BCUT2D eigenvalue weighted by atomic mass is 10.2. The largest absolute Gasteiger partial charge is 0.366 e. The van der Waals surface area contributed by atoms with E-state index >= 15 is 0 Å². The average molecular weight is 400 g/mol. The average Bonchev–Trinajstić information content (AvgIpc) is 3.10. The summed E-state index contributed by atoms with van der Waals surface area (Å²) in [5, 5.41) is 14.9. The van der Waals surface area contributed by atoms with Gasteiger partial charge in [0.15, 0.2) is 4.34 Å². The minimum atomic E-state index is -0.505. The fourth-order valence-corrected chi connectivity index (χ4v) is 3.75. The fraction of sp³-hybridized carbons (Fsp3) is 0.111. The molecule has 138 valence electrons. The summed E-state index contributed by atoms with van der Waals surface area (Å²) in [6, 6.07) is 14.3. The maximum Gasteiger partial charge on any atom is 0.248 e. The summed E-state index contributed by atoms with van der Waals surface area (Å²) in [6.07, 6.45) is 0. The number of hydrogen-bond acceptors (Lipinski definition) is 7. The molecule has 2 aromatic carbocycles. The Morgan fingerprint density at radius 2 is 1.85 bits per heavy atom. The number of carbonyl (C=O) groups excluding carboxylic acids is 2. The maximum atomic E-state index is 12.1. The molecule has 0 radical (unpaired) electrons. The SMILES string of the molecule is Cc1ccccc1Nc1nnc(SCC(=O)Nc2ccc(C(N)=O)cc2)s1. The minimum Gasteiger partial charge on any atom is -0.366 e. The molecule has 4 N–H and O–H groups in total. The van der Waals surface area contributed by atoms with Gasteiger partial charge in [0, 0.05) is 16.9 Å². The van der Waals surface area contributed by atoms with Crippen molar-refractivity contribution in [3.63, 3.8) is 0 Å². The fourth-order valence-electron chi connectivity index (χ4n) is 2.19. The molecule has 0 aliphatic rings. The summed E-state index contributed by atoms with van der Waals surface area (Å²) < 4.78 is 0.699. The van der Waals surface area contributed by atoms with Crippen molar-refractivity contribution < 1.29 is 9.59 Å². The maximum absolute atomic E-state index is 12.1. The third kappa shape index (κ3) is 5.28. The molecule has 0 aliphatic carbocycles. The van der Waals surface area contributed by atoms with Crippen molar-refractivity contribution in [2.75, 3.05) is 16.4 Å². The highest BCUT2D eigenvalue weighted by molar-refractivity contribution is 8.01. The van der Waals surface area contributed by atoms with Gasteiger partial charge in [-0.05, 0) is 42.8 Å². The first kappa shape index (κ1) is 18.9. The van der Waals surface area contributed by atoms with Crippen LogP contribution in [0.15, 0.2) is 52.9 Å². The first-order valence-electron chi connectivity index (χ1n) is 8.00. The monoisotopic (exact) mass is 399 g/mol. The number of nitrogens with zero attached hydrogens (tertiary/aromatic N) is 2. The number of hydrogen-bond donors (Lipinski definition) is 3.